The van der Waals surface area contributed by atoms with Gasteiger partial charge < -0.3 is 0 Å². The van der Waals surface area contributed by atoms with E-state index in [2.05, 4.69) is 25.3 Å². The molecule has 0 nitrogen and oxygen atoms in total. The molecule has 0 spiro atoms. The Morgan fingerprint density at radius 1 is 1.50 bits per heavy atom. The minimum absolute atomic E-state index is 1.18. The quantitative estimate of drug-likeness (QED) is 0.561. The van der Waals surface area contributed by atoms with Crippen LogP contribution in [0.4, 0.5) is 0 Å². The zero-order chi connectivity index (χ0) is 7.14. The molecule has 1 aliphatic rings. The van der Waals surface area contributed by atoms with Crippen LogP contribution in [0.2, 0.25) is 0 Å². The molecule has 0 fully saturated rings. The lowest BCUT2D eigenvalue weighted by atomic mass is 10.2. The third-order valence-electron chi connectivity index (χ3n) is 1.89. The molecule has 1 heteroatoms. The molecule has 1 aromatic carbocycles. The average Bonchev–Trinajstić information content (AvgIpc) is 2.66. The summed E-state index contributed by atoms with van der Waals surface area (Å²) in [5.74, 6) is 0. The smallest absolute Gasteiger partial charge is 0.0140 e. The summed E-state index contributed by atoms with van der Waals surface area (Å²) < 4.78 is 0. The fourth-order valence-corrected chi connectivity index (χ4v) is 2.04. The van der Waals surface area contributed by atoms with Crippen LogP contribution < -0.4 is 0 Å². The van der Waals surface area contributed by atoms with E-state index in [1.165, 1.54) is 28.0 Å². The van der Waals surface area contributed by atoms with E-state index in [0.29, 0.717) is 0 Å². The highest BCUT2D eigenvalue weighted by Gasteiger charge is 2.21. The Hall–Kier alpha value is -0.430. The van der Waals surface area contributed by atoms with Crippen molar-refractivity contribution in [3.05, 3.63) is 35.7 Å². The van der Waals surface area contributed by atoms with Crippen molar-refractivity contribution in [2.24, 2.45) is 0 Å². The maximum absolute atomic E-state index is 3.96. The molecule has 0 amide bonds. The van der Waals surface area contributed by atoms with Gasteiger partial charge in [-0.1, -0.05) is 12.1 Å². The first-order chi connectivity index (χ1) is 4.83. The molecule has 0 N–H and O–H groups in total. The number of benzene rings is 1. The van der Waals surface area contributed by atoms with Crippen molar-refractivity contribution in [1.82, 2.24) is 0 Å². The van der Waals surface area contributed by atoms with Gasteiger partial charge in [-0.2, -0.15) is 0 Å². The van der Waals surface area contributed by atoms with Gasteiger partial charge >= 0.3 is 0 Å². The topological polar surface area (TPSA) is 0 Å². The molecule has 0 unspecified atom stereocenters. The average molecular weight is 149 g/mol. The number of hydrogen-bond donors (Lipinski definition) is 0. The summed E-state index contributed by atoms with van der Waals surface area (Å²) in [5.41, 5.74) is 4.22. The standard InChI is InChI=1S/C9H9S/c1-6-3-4-7-5-8(7)9(6)10-2/h3-4H,1,5H2,2H3. The summed E-state index contributed by atoms with van der Waals surface area (Å²) in [4.78, 5) is 1.40. The molecular weight excluding hydrogens is 140 g/mol. The highest BCUT2D eigenvalue weighted by atomic mass is 32.2. The van der Waals surface area contributed by atoms with Gasteiger partial charge in [0.25, 0.3) is 0 Å². The van der Waals surface area contributed by atoms with Crippen molar-refractivity contribution in [1.29, 1.82) is 0 Å². The van der Waals surface area contributed by atoms with E-state index in [1.54, 1.807) is 0 Å². The number of fused-ring (bicyclic) bond motifs is 1. The molecule has 2 rings (SSSR count). The van der Waals surface area contributed by atoms with Crippen LogP contribution in [-0.2, 0) is 6.42 Å². The first kappa shape index (κ1) is 6.29. The van der Waals surface area contributed by atoms with Crippen LogP contribution in [-0.4, -0.2) is 6.26 Å². The minimum Gasteiger partial charge on any atom is -0.129 e. The lowest BCUT2D eigenvalue weighted by molar-refractivity contribution is 1.38. The highest BCUT2D eigenvalue weighted by Crippen LogP contribution is 2.38. The Kier molecular flexibility index (Phi) is 1.27. The molecule has 1 aliphatic carbocycles. The Balaban J connectivity index is 2.57. The van der Waals surface area contributed by atoms with Gasteiger partial charge in [-0.15, -0.1) is 11.8 Å². The lowest BCUT2D eigenvalue weighted by Crippen LogP contribution is -1.75. The lowest BCUT2D eigenvalue weighted by Gasteiger charge is -1.97. The summed E-state index contributed by atoms with van der Waals surface area (Å²) in [6.45, 7) is 3.96. The number of thioether (sulfide) groups is 1. The third-order valence-corrected chi connectivity index (χ3v) is 2.80. The molecule has 1 radical (unpaired) electrons. The molecule has 0 saturated carbocycles. The van der Waals surface area contributed by atoms with Gasteiger partial charge in [-0.05, 0) is 36.3 Å². The van der Waals surface area contributed by atoms with Crippen LogP contribution in [0.1, 0.15) is 16.7 Å². The predicted octanol–water partition coefficient (Wildman–Crippen LogP) is 2.49. The normalized spacial score (nSPS) is 13.0. The third kappa shape index (κ3) is 0.772. The van der Waals surface area contributed by atoms with Gasteiger partial charge in [0, 0.05) is 4.90 Å². The SMILES string of the molecule is [CH2]c1ccc2c(c1SC)C2. The highest BCUT2D eigenvalue weighted by molar-refractivity contribution is 7.98. The van der Waals surface area contributed by atoms with Crippen molar-refractivity contribution in [3.8, 4) is 0 Å². The van der Waals surface area contributed by atoms with E-state index < -0.39 is 0 Å². The Morgan fingerprint density at radius 2 is 2.30 bits per heavy atom. The van der Waals surface area contributed by atoms with Crippen LogP contribution in [0.25, 0.3) is 0 Å². The summed E-state index contributed by atoms with van der Waals surface area (Å²) >= 11 is 1.81. The summed E-state index contributed by atoms with van der Waals surface area (Å²) in [7, 11) is 0. The molecule has 0 heterocycles. The Morgan fingerprint density at radius 3 is 2.90 bits per heavy atom. The van der Waals surface area contributed by atoms with E-state index in [0.717, 1.165) is 0 Å². The largest absolute Gasteiger partial charge is 0.129 e. The van der Waals surface area contributed by atoms with E-state index >= 15 is 0 Å². The van der Waals surface area contributed by atoms with E-state index in [1.807, 2.05) is 11.8 Å². The van der Waals surface area contributed by atoms with Gasteiger partial charge in [-0.25, -0.2) is 0 Å². The molecule has 10 heavy (non-hydrogen) atoms. The molecule has 0 saturated heterocycles. The maximum Gasteiger partial charge on any atom is 0.0140 e. The Labute approximate surface area is 65.6 Å². The van der Waals surface area contributed by atoms with Crippen molar-refractivity contribution in [3.63, 3.8) is 0 Å². The molecule has 1 aromatic rings. The van der Waals surface area contributed by atoms with E-state index in [-0.39, 0.29) is 0 Å². The summed E-state index contributed by atoms with van der Waals surface area (Å²) in [6, 6.07) is 4.29. The van der Waals surface area contributed by atoms with Crippen LogP contribution >= 0.6 is 11.8 Å². The van der Waals surface area contributed by atoms with Crippen molar-refractivity contribution >= 4 is 11.8 Å². The summed E-state index contributed by atoms with van der Waals surface area (Å²) in [6.07, 6.45) is 3.31. The predicted molar refractivity (Wildman–Crippen MR) is 45.5 cm³/mol. The van der Waals surface area contributed by atoms with Crippen molar-refractivity contribution < 1.29 is 0 Å². The fourth-order valence-electron chi connectivity index (χ4n) is 1.26. The number of rotatable bonds is 1. The van der Waals surface area contributed by atoms with Crippen LogP contribution in [0.3, 0.4) is 0 Å². The van der Waals surface area contributed by atoms with Crippen LogP contribution in [0.15, 0.2) is 17.0 Å². The molecule has 0 bridgehead atoms. The van der Waals surface area contributed by atoms with Gasteiger partial charge in [0.2, 0.25) is 0 Å². The number of hydrogen-bond acceptors (Lipinski definition) is 1. The first-order valence-electron chi connectivity index (χ1n) is 3.33. The molecule has 0 atom stereocenters. The van der Waals surface area contributed by atoms with Crippen LogP contribution in [0.5, 0.6) is 0 Å². The zero-order valence-corrected chi connectivity index (χ0v) is 6.79. The zero-order valence-electron chi connectivity index (χ0n) is 5.98. The second-order valence-corrected chi connectivity index (χ2v) is 3.39. The van der Waals surface area contributed by atoms with Gasteiger partial charge in [0.1, 0.15) is 0 Å². The van der Waals surface area contributed by atoms with Gasteiger partial charge in [0.15, 0.2) is 0 Å². The first-order valence-corrected chi connectivity index (χ1v) is 4.56. The molecule has 0 aliphatic heterocycles. The Bertz CT molecular complexity index is 273. The summed E-state index contributed by atoms with van der Waals surface area (Å²) in [5, 5.41) is 0. The molecule has 0 aromatic heterocycles. The van der Waals surface area contributed by atoms with Crippen molar-refractivity contribution in [2.45, 2.75) is 11.3 Å². The second kappa shape index (κ2) is 2.03. The fraction of sp³-hybridized carbons (Fsp3) is 0.222. The molecule has 51 valence electrons. The van der Waals surface area contributed by atoms with Crippen molar-refractivity contribution in [2.75, 3.05) is 6.26 Å². The molecular formula is C9H9S. The minimum atomic E-state index is 1.18. The van der Waals surface area contributed by atoms with Crippen LogP contribution in [0, 0.1) is 6.92 Å². The monoisotopic (exact) mass is 149 g/mol. The van der Waals surface area contributed by atoms with Gasteiger partial charge in [0.05, 0.1) is 0 Å². The maximum atomic E-state index is 3.96. The van der Waals surface area contributed by atoms with Gasteiger partial charge in [-0.3, -0.25) is 0 Å². The van der Waals surface area contributed by atoms with E-state index in [4.69, 9.17) is 0 Å². The second-order valence-electron chi connectivity index (χ2n) is 2.57. The van der Waals surface area contributed by atoms with E-state index in [9.17, 15) is 0 Å².